The highest BCUT2D eigenvalue weighted by molar-refractivity contribution is 6.09. The predicted octanol–water partition coefficient (Wildman–Crippen LogP) is 4.18. The monoisotopic (exact) mass is 345 g/mol. The molecule has 2 aromatic heterocycles. The number of carbonyl (C=O) groups excluding carboxylic acids is 1. The number of aromatic nitrogens is 1. The minimum absolute atomic E-state index is 0.161. The second-order valence-electron chi connectivity index (χ2n) is 5.75. The third-order valence-corrected chi connectivity index (χ3v) is 4.14. The van der Waals surface area contributed by atoms with Gasteiger partial charge in [-0.3, -0.25) is 0 Å². The van der Waals surface area contributed by atoms with Crippen molar-refractivity contribution in [3.05, 3.63) is 76.8 Å². The Morgan fingerprint density at radius 2 is 1.81 bits per heavy atom. The second-order valence-corrected chi connectivity index (χ2v) is 5.75. The summed E-state index contributed by atoms with van der Waals surface area (Å²) in [6.07, 6.45) is 0. The Morgan fingerprint density at radius 1 is 1.08 bits per heavy atom. The standard InChI is InChI=1S/C21H15NO4/c1-2-25-20(23)16-12-15(13-8-4-3-5-9-13)18-19(22-16)14-10-6-7-11-17(14)26-21(18)24/h3-12H,2H2,1H3. The minimum atomic E-state index is -0.524. The van der Waals surface area contributed by atoms with Crippen molar-refractivity contribution < 1.29 is 13.9 Å². The van der Waals surface area contributed by atoms with Gasteiger partial charge in [0.25, 0.3) is 0 Å². The number of hydrogen-bond acceptors (Lipinski definition) is 5. The molecular formula is C21H15NO4. The fourth-order valence-electron chi connectivity index (χ4n) is 3.00. The van der Waals surface area contributed by atoms with Gasteiger partial charge >= 0.3 is 11.6 Å². The largest absolute Gasteiger partial charge is 0.461 e. The number of rotatable bonds is 3. The van der Waals surface area contributed by atoms with Crippen LogP contribution in [-0.4, -0.2) is 17.6 Å². The highest BCUT2D eigenvalue weighted by Gasteiger charge is 2.19. The minimum Gasteiger partial charge on any atom is -0.461 e. The third-order valence-electron chi connectivity index (χ3n) is 4.14. The van der Waals surface area contributed by atoms with Gasteiger partial charge in [-0.25, -0.2) is 14.6 Å². The Labute approximate surface area is 148 Å². The lowest BCUT2D eigenvalue weighted by Gasteiger charge is -2.10. The van der Waals surface area contributed by atoms with Crippen molar-refractivity contribution in [1.29, 1.82) is 0 Å². The van der Waals surface area contributed by atoms with Crippen LogP contribution in [0.25, 0.3) is 33.0 Å². The number of para-hydroxylation sites is 1. The normalized spacial score (nSPS) is 11.0. The van der Waals surface area contributed by atoms with Crippen molar-refractivity contribution >= 4 is 27.8 Å². The van der Waals surface area contributed by atoms with Crippen molar-refractivity contribution in [1.82, 2.24) is 4.98 Å². The van der Waals surface area contributed by atoms with E-state index in [1.165, 1.54) is 0 Å². The smallest absolute Gasteiger partial charge is 0.356 e. The highest BCUT2D eigenvalue weighted by atomic mass is 16.5. The van der Waals surface area contributed by atoms with Gasteiger partial charge in [-0.2, -0.15) is 0 Å². The second kappa shape index (κ2) is 6.44. The van der Waals surface area contributed by atoms with Crippen LogP contribution in [0.5, 0.6) is 0 Å². The molecule has 0 amide bonds. The molecule has 0 N–H and O–H groups in total. The molecule has 2 aromatic carbocycles. The van der Waals surface area contributed by atoms with E-state index >= 15 is 0 Å². The Bertz CT molecular complexity index is 1180. The molecule has 0 saturated heterocycles. The quantitative estimate of drug-likeness (QED) is 0.316. The topological polar surface area (TPSA) is 69.4 Å². The molecule has 4 rings (SSSR count). The summed E-state index contributed by atoms with van der Waals surface area (Å²) in [5.74, 6) is -0.524. The van der Waals surface area contributed by atoms with E-state index in [9.17, 15) is 9.59 Å². The van der Waals surface area contributed by atoms with E-state index in [0.29, 0.717) is 27.4 Å². The van der Waals surface area contributed by atoms with E-state index in [1.807, 2.05) is 42.5 Å². The molecule has 2 heterocycles. The molecular weight excluding hydrogens is 330 g/mol. The Morgan fingerprint density at radius 3 is 2.58 bits per heavy atom. The maximum absolute atomic E-state index is 12.7. The van der Waals surface area contributed by atoms with Crippen LogP contribution in [0.3, 0.4) is 0 Å². The summed E-state index contributed by atoms with van der Waals surface area (Å²) in [6, 6.07) is 18.1. The van der Waals surface area contributed by atoms with Crippen LogP contribution in [0.1, 0.15) is 17.4 Å². The SMILES string of the molecule is CCOC(=O)c1cc(-c2ccccc2)c2c(=O)oc3ccccc3c2n1. The Balaban J connectivity index is 2.16. The van der Waals surface area contributed by atoms with E-state index in [4.69, 9.17) is 9.15 Å². The van der Waals surface area contributed by atoms with Crippen molar-refractivity contribution in [2.24, 2.45) is 0 Å². The molecule has 0 aliphatic rings. The third kappa shape index (κ3) is 2.63. The van der Waals surface area contributed by atoms with E-state index < -0.39 is 11.6 Å². The molecule has 4 aromatic rings. The lowest BCUT2D eigenvalue weighted by atomic mass is 10.00. The van der Waals surface area contributed by atoms with Gasteiger partial charge in [-0.05, 0) is 30.7 Å². The van der Waals surface area contributed by atoms with Crippen LogP contribution in [0, 0.1) is 0 Å². The maximum Gasteiger partial charge on any atom is 0.356 e. The zero-order valence-corrected chi connectivity index (χ0v) is 14.1. The van der Waals surface area contributed by atoms with Crippen molar-refractivity contribution in [2.75, 3.05) is 6.61 Å². The first-order valence-corrected chi connectivity index (χ1v) is 8.28. The molecule has 0 aliphatic carbocycles. The Kier molecular flexibility index (Phi) is 3.97. The van der Waals surface area contributed by atoms with Gasteiger partial charge in [-0.1, -0.05) is 42.5 Å². The summed E-state index contributed by atoms with van der Waals surface area (Å²) < 4.78 is 10.6. The molecule has 0 saturated carbocycles. The van der Waals surface area contributed by atoms with Gasteiger partial charge in [0.1, 0.15) is 11.3 Å². The first-order valence-electron chi connectivity index (χ1n) is 8.28. The molecule has 0 unspecified atom stereocenters. The van der Waals surface area contributed by atoms with Crippen molar-refractivity contribution in [2.45, 2.75) is 6.92 Å². The van der Waals surface area contributed by atoms with Crippen LogP contribution >= 0.6 is 0 Å². The number of fused-ring (bicyclic) bond motifs is 3. The number of ether oxygens (including phenoxy) is 1. The van der Waals surface area contributed by atoms with Crippen molar-refractivity contribution in [3.8, 4) is 11.1 Å². The zero-order valence-electron chi connectivity index (χ0n) is 14.1. The van der Waals surface area contributed by atoms with Crippen LogP contribution in [0.2, 0.25) is 0 Å². The highest BCUT2D eigenvalue weighted by Crippen LogP contribution is 2.30. The number of carbonyl (C=O) groups is 1. The molecule has 128 valence electrons. The first-order chi connectivity index (χ1) is 12.7. The van der Waals surface area contributed by atoms with E-state index in [0.717, 1.165) is 5.56 Å². The summed E-state index contributed by atoms with van der Waals surface area (Å²) in [6.45, 7) is 1.98. The molecule has 0 aliphatic heterocycles. The van der Waals surface area contributed by atoms with Crippen LogP contribution in [0.4, 0.5) is 0 Å². The number of esters is 1. The molecule has 0 atom stereocenters. The molecule has 0 bridgehead atoms. The predicted molar refractivity (Wildman–Crippen MR) is 99.2 cm³/mol. The lowest BCUT2D eigenvalue weighted by molar-refractivity contribution is 0.0520. The summed E-state index contributed by atoms with van der Waals surface area (Å²) in [4.78, 5) is 29.4. The molecule has 0 radical (unpaired) electrons. The average molecular weight is 345 g/mol. The van der Waals surface area contributed by atoms with E-state index in [2.05, 4.69) is 4.98 Å². The number of benzene rings is 2. The van der Waals surface area contributed by atoms with Crippen molar-refractivity contribution in [3.63, 3.8) is 0 Å². The molecule has 5 nitrogen and oxygen atoms in total. The van der Waals surface area contributed by atoms with Gasteiger partial charge < -0.3 is 9.15 Å². The van der Waals surface area contributed by atoms with Crippen LogP contribution < -0.4 is 5.63 Å². The molecule has 0 spiro atoms. The number of pyridine rings is 1. The summed E-state index contributed by atoms with van der Waals surface area (Å²) in [5.41, 5.74) is 1.93. The van der Waals surface area contributed by atoms with Crippen LogP contribution in [-0.2, 0) is 4.74 Å². The van der Waals surface area contributed by atoms with Crippen LogP contribution in [0.15, 0.2) is 69.9 Å². The molecule has 5 heteroatoms. The zero-order chi connectivity index (χ0) is 18.1. The average Bonchev–Trinajstić information content (AvgIpc) is 2.68. The van der Waals surface area contributed by atoms with Gasteiger partial charge in [0.05, 0.1) is 17.5 Å². The summed E-state index contributed by atoms with van der Waals surface area (Å²) >= 11 is 0. The van der Waals surface area contributed by atoms with Gasteiger partial charge in [0, 0.05) is 10.9 Å². The Hall–Kier alpha value is -3.47. The molecule has 26 heavy (non-hydrogen) atoms. The van der Waals surface area contributed by atoms with E-state index in [1.54, 1.807) is 25.1 Å². The van der Waals surface area contributed by atoms with Gasteiger partial charge in [-0.15, -0.1) is 0 Å². The van der Waals surface area contributed by atoms with Gasteiger partial charge in [0.2, 0.25) is 0 Å². The lowest BCUT2D eigenvalue weighted by Crippen LogP contribution is -2.10. The maximum atomic E-state index is 12.7. The summed E-state index contributed by atoms with van der Waals surface area (Å²) in [7, 11) is 0. The van der Waals surface area contributed by atoms with E-state index in [-0.39, 0.29) is 12.3 Å². The number of hydrogen-bond donors (Lipinski definition) is 0. The fraction of sp³-hybridized carbons (Fsp3) is 0.0952. The van der Waals surface area contributed by atoms with Gasteiger partial charge in [0.15, 0.2) is 0 Å². The summed E-state index contributed by atoms with van der Waals surface area (Å²) in [5, 5.41) is 1.02. The fourth-order valence-corrected chi connectivity index (χ4v) is 3.00. The molecule has 0 fully saturated rings. The first kappa shape index (κ1) is 16.0. The number of nitrogens with zero attached hydrogens (tertiary/aromatic N) is 1.